The molecule has 36 heavy (non-hydrogen) atoms. The summed E-state index contributed by atoms with van der Waals surface area (Å²) in [6.07, 6.45) is 0. The molecule has 8 rings (SSSR count). The first-order valence-electron chi connectivity index (χ1n) is 12.1. The highest BCUT2D eigenvalue weighted by Crippen LogP contribution is 2.43. The van der Waals surface area contributed by atoms with Crippen LogP contribution in [0.15, 0.2) is 120 Å². The maximum absolute atomic E-state index is 6.05. The zero-order valence-corrected chi connectivity index (χ0v) is 20.0. The number of hydrogen-bond donors (Lipinski definition) is 0. The summed E-state index contributed by atoms with van der Waals surface area (Å²) in [5.74, 6) is 0. The lowest BCUT2D eigenvalue weighted by molar-refractivity contribution is 0.669. The van der Waals surface area contributed by atoms with Gasteiger partial charge in [0, 0.05) is 37.2 Å². The van der Waals surface area contributed by atoms with E-state index in [0.29, 0.717) is 0 Å². The van der Waals surface area contributed by atoms with E-state index >= 15 is 0 Å². The lowest BCUT2D eigenvalue weighted by atomic mass is 9.98. The number of benzene rings is 5. The Morgan fingerprint density at radius 1 is 0.528 bits per heavy atom. The van der Waals surface area contributed by atoms with Gasteiger partial charge in [-0.3, -0.25) is 0 Å². The van der Waals surface area contributed by atoms with Crippen LogP contribution in [-0.2, 0) is 0 Å². The third-order valence-corrected chi connectivity index (χ3v) is 8.24. The molecule has 0 radical (unpaired) electrons. The van der Waals surface area contributed by atoms with E-state index in [9.17, 15) is 0 Å². The van der Waals surface area contributed by atoms with Crippen LogP contribution in [0.25, 0.3) is 75.4 Å². The lowest BCUT2D eigenvalue weighted by Gasteiger charge is -2.09. The minimum absolute atomic E-state index is 0.916. The van der Waals surface area contributed by atoms with Crippen LogP contribution in [0.4, 0.5) is 0 Å². The first kappa shape index (κ1) is 19.8. The smallest absolute Gasteiger partial charge is 0.135 e. The second-order valence-corrected chi connectivity index (χ2v) is 10.2. The number of fused-ring (bicyclic) bond motifs is 8. The first-order valence-corrected chi connectivity index (χ1v) is 12.9. The van der Waals surface area contributed by atoms with E-state index in [2.05, 4.69) is 103 Å². The van der Waals surface area contributed by atoms with Gasteiger partial charge in [-0.1, -0.05) is 78.9 Å². The maximum Gasteiger partial charge on any atom is 0.135 e. The number of para-hydroxylation sites is 2. The molecule has 0 bridgehead atoms. The molecule has 8 aromatic rings. The van der Waals surface area contributed by atoms with Crippen LogP contribution in [0.2, 0.25) is 0 Å². The largest absolute Gasteiger partial charge is 0.456 e. The number of hydrogen-bond acceptors (Lipinski definition) is 3. The highest BCUT2D eigenvalue weighted by Gasteiger charge is 2.16. The fraction of sp³-hybridized carbons (Fsp3) is 0. The van der Waals surface area contributed by atoms with Crippen LogP contribution in [0.1, 0.15) is 0 Å². The molecule has 168 valence electrons. The normalized spacial score (nSPS) is 11.9. The zero-order valence-electron chi connectivity index (χ0n) is 19.2. The van der Waals surface area contributed by atoms with Crippen molar-refractivity contribution in [3.05, 3.63) is 115 Å². The first-order chi connectivity index (χ1) is 17.8. The summed E-state index contributed by atoms with van der Waals surface area (Å²) in [4.78, 5) is 5.18. The Hall–Kier alpha value is -4.47. The Morgan fingerprint density at radius 3 is 2.19 bits per heavy atom. The Kier molecular flexibility index (Phi) is 4.13. The molecule has 3 heterocycles. The van der Waals surface area contributed by atoms with E-state index in [-0.39, 0.29) is 0 Å². The average Bonchev–Trinajstić information content (AvgIpc) is 3.51. The monoisotopic (exact) mass is 477 g/mol. The number of rotatable bonds is 2. The molecule has 3 heteroatoms. The van der Waals surface area contributed by atoms with Crippen LogP contribution in [0.3, 0.4) is 0 Å². The molecule has 0 saturated heterocycles. The predicted octanol–water partition coefficient (Wildman–Crippen LogP) is 9.84. The highest BCUT2D eigenvalue weighted by molar-refractivity contribution is 7.26. The predicted molar refractivity (Wildman–Crippen MR) is 153 cm³/mol. The van der Waals surface area contributed by atoms with Gasteiger partial charge in [0.15, 0.2) is 0 Å². The summed E-state index contributed by atoms with van der Waals surface area (Å²) in [6, 6.07) is 40.6. The van der Waals surface area contributed by atoms with Gasteiger partial charge in [-0.05, 0) is 47.5 Å². The molecular weight excluding hydrogens is 458 g/mol. The van der Waals surface area contributed by atoms with Gasteiger partial charge in [-0.15, -0.1) is 11.3 Å². The molecule has 0 aliphatic heterocycles. The van der Waals surface area contributed by atoms with E-state index in [0.717, 1.165) is 38.7 Å². The van der Waals surface area contributed by atoms with Crippen LogP contribution >= 0.6 is 11.3 Å². The molecule has 0 unspecified atom stereocenters. The molecule has 0 atom stereocenters. The molecule has 0 spiro atoms. The number of furan rings is 1. The minimum atomic E-state index is 0.916. The van der Waals surface area contributed by atoms with Crippen molar-refractivity contribution in [2.45, 2.75) is 0 Å². The van der Waals surface area contributed by atoms with Crippen LogP contribution in [0.5, 0.6) is 0 Å². The van der Waals surface area contributed by atoms with Gasteiger partial charge < -0.3 is 4.42 Å². The number of nitrogens with zero attached hydrogens (tertiary/aromatic N) is 1. The second kappa shape index (κ2) is 7.51. The summed E-state index contributed by atoms with van der Waals surface area (Å²) in [5.41, 5.74) is 7.38. The van der Waals surface area contributed by atoms with Crippen molar-refractivity contribution >= 4 is 64.4 Å². The van der Waals surface area contributed by atoms with Crippen LogP contribution in [-0.4, -0.2) is 4.98 Å². The van der Waals surface area contributed by atoms with Gasteiger partial charge in [-0.2, -0.15) is 0 Å². The van der Waals surface area contributed by atoms with Gasteiger partial charge in [0.1, 0.15) is 11.2 Å². The Bertz CT molecular complexity index is 2110. The van der Waals surface area contributed by atoms with E-state index in [1.165, 1.54) is 36.7 Å². The van der Waals surface area contributed by atoms with Gasteiger partial charge in [0.05, 0.1) is 15.9 Å². The molecule has 0 aliphatic rings. The molecular formula is C33H19NOS. The molecule has 0 fully saturated rings. The second-order valence-electron chi connectivity index (χ2n) is 9.17. The van der Waals surface area contributed by atoms with Crippen LogP contribution < -0.4 is 0 Å². The van der Waals surface area contributed by atoms with Crippen LogP contribution in [0, 0.1) is 0 Å². The molecule has 2 nitrogen and oxygen atoms in total. The fourth-order valence-corrected chi connectivity index (χ4v) is 6.61. The minimum Gasteiger partial charge on any atom is -0.456 e. The van der Waals surface area contributed by atoms with Crippen molar-refractivity contribution in [2.24, 2.45) is 0 Å². The summed E-state index contributed by atoms with van der Waals surface area (Å²) in [5, 5.41) is 6.10. The third-order valence-electron chi connectivity index (χ3n) is 7.06. The third kappa shape index (κ3) is 2.87. The molecule has 0 amide bonds. The topological polar surface area (TPSA) is 26.0 Å². The molecule has 5 aromatic carbocycles. The molecule has 0 saturated carbocycles. The SMILES string of the molecule is c1cc(-c2ccc3oc4ccccc4c3c2)cc(-c2nc3ccccc3c3c2sc2ccccc23)c1. The molecule has 0 N–H and O–H groups in total. The quantitative estimate of drug-likeness (QED) is 0.248. The zero-order chi connectivity index (χ0) is 23.6. The highest BCUT2D eigenvalue weighted by atomic mass is 32.1. The van der Waals surface area contributed by atoms with Gasteiger partial charge in [0.25, 0.3) is 0 Å². The Balaban J connectivity index is 1.37. The van der Waals surface area contributed by atoms with Crippen molar-refractivity contribution < 1.29 is 4.42 Å². The van der Waals surface area contributed by atoms with Crippen molar-refractivity contribution in [3.8, 4) is 22.4 Å². The van der Waals surface area contributed by atoms with Gasteiger partial charge in [0.2, 0.25) is 0 Å². The summed E-state index contributed by atoms with van der Waals surface area (Å²) < 4.78 is 8.58. The Morgan fingerprint density at radius 2 is 1.25 bits per heavy atom. The lowest BCUT2D eigenvalue weighted by Crippen LogP contribution is -1.88. The van der Waals surface area contributed by atoms with Crippen molar-refractivity contribution in [3.63, 3.8) is 0 Å². The molecule has 0 aliphatic carbocycles. The van der Waals surface area contributed by atoms with Gasteiger partial charge in [-0.25, -0.2) is 4.98 Å². The number of aromatic nitrogens is 1. The van der Waals surface area contributed by atoms with E-state index in [1.54, 1.807) is 0 Å². The Labute approximate surface area is 211 Å². The number of thiophene rings is 1. The van der Waals surface area contributed by atoms with E-state index < -0.39 is 0 Å². The van der Waals surface area contributed by atoms with Crippen molar-refractivity contribution in [1.82, 2.24) is 4.98 Å². The summed E-state index contributed by atoms with van der Waals surface area (Å²) in [7, 11) is 0. The van der Waals surface area contributed by atoms with E-state index in [4.69, 9.17) is 9.40 Å². The average molecular weight is 478 g/mol. The van der Waals surface area contributed by atoms with Crippen molar-refractivity contribution in [2.75, 3.05) is 0 Å². The van der Waals surface area contributed by atoms with Gasteiger partial charge >= 0.3 is 0 Å². The number of pyridine rings is 1. The molecule has 3 aromatic heterocycles. The summed E-state index contributed by atoms with van der Waals surface area (Å²) >= 11 is 1.83. The fourth-order valence-electron chi connectivity index (χ4n) is 5.38. The maximum atomic E-state index is 6.05. The van der Waals surface area contributed by atoms with E-state index in [1.807, 2.05) is 23.5 Å². The summed E-state index contributed by atoms with van der Waals surface area (Å²) in [6.45, 7) is 0. The van der Waals surface area contributed by atoms with Crippen molar-refractivity contribution in [1.29, 1.82) is 0 Å². The standard InChI is InChI=1S/C33H19NOS/c1-4-13-27-24(11-1)31-25-12-3-6-15-30(25)36-33(31)32(34-27)22-9-7-8-20(18-22)21-16-17-29-26(19-21)23-10-2-5-14-28(23)35-29/h1-19H.